The average molecular weight is 493 g/mol. The Hall–Kier alpha value is -1.62. The third-order valence-electron chi connectivity index (χ3n) is 4.93. The molecule has 1 aliphatic rings. The highest BCUT2D eigenvalue weighted by Gasteiger charge is 2.33. The van der Waals surface area contributed by atoms with Gasteiger partial charge in [0.15, 0.2) is 5.13 Å². The minimum atomic E-state index is -1.05. The second kappa shape index (κ2) is 9.67. The Labute approximate surface area is 190 Å². The van der Waals surface area contributed by atoms with Gasteiger partial charge in [-0.2, -0.15) is 0 Å². The average Bonchev–Trinajstić information content (AvgIpc) is 3.29. The molecule has 0 aliphatic carbocycles. The van der Waals surface area contributed by atoms with Gasteiger partial charge in [0.25, 0.3) is 5.91 Å². The van der Waals surface area contributed by atoms with Crippen LogP contribution in [0.4, 0.5) is 5.13 Å². The third kappa shape index (κ3) is 4.99. The van der Waals surface area contributed by atoms with Crippen molar-refractivity contribution in [1.82, 2.24) is 15.3 Å². The van der Waals surface area contributed by atoms with Crippen LogP contribution in [-0.2, 0) is 15.5 Å². The topological polar surface area (TPSA) is 104 Å². The van der Waals surface area contributed by atoms with Crippen LogP contribution in [0.3, 0.4) is 0 Å². The summed E-state index contributed by atoms with van der Waals surface area (Å²) in [5.41, 5.74) is 0.846. The molecule has 0 aromatic carbocycles. The number of rotatable bonds is 6. The van der Waals surface area contributed by atoms with Crippen molar-refractivity contribution in [3.8, 4) is 0 Å². The first-order valence-electron chi connectivity index (χ1n) is 9.14. The van der Waals surface area contributed by atoms with E-state index in [4.69, 9.17) is 27.9 Å². The molecule has 12 heteroatoms. The first-order chi connectivity index (χ1) is 14.2. The van der Waals surface area contributed by atoms with E-state index in [0.29, 0.717) is 46.0 Å². The largest absolute Gasteiger partial charge is 0.465 e. The summed E-state index contributed by atoms with van der Waals surface area (Å²) >= 11 is 13.5. The normalized spacial score (nSPS) is 20.1. The van der Waals surface area contributed by atoms with Gasteiger partial charge in [0.05, 0.1) is 23.4 Å². The third-order valence-corrected chi connectivity index (χ3v) is 7.81. The van der Waals surface area contributed by atoms with Crippen molar-refractivity contribution in [3.05, 3.63) is 32.5 Å². The number of carbonyl (C=O) groups is 2. The van der Waals surface area contributed by atoms with Crippen molar-refractivity contribution < 1.29 is 18.5 Å². The minimum absolute atomic E-state index is 0.0654. The summed E-state index contributed by atoms with van der Waals surface area (Å²) in [6.07, 6.45) is 3.76. The van der Waals surface area contributed by atoms with Crippen molar-refractivity contribution in [1.29, 1.82) is 0 Å². The predicted molar refractivity (Wildman–Crippen MR) is 120 cm³/mol. The van der Waals surface area contributed by atoms with E-state index in [9.17, 15) is 13.8 Å². The molecule has 2 N–H and O–H groups in total. The van der Waals surface area contributed by atoms with Crippen LogP contribution in [0, 0.1) is 12.8 Å². The molecule has 164 valence electrons. The summed E-state index contributed by atoms with van der Waals surface area (Å²) in [7, 11) is 0.281. The number of aryl methyl sites for hydroxylation is 1. The molecule has 0 spiro atoms. The lowest BCUT2D eigenvalue weighted by Gasteiger charge is -2.38. The van der Waals surface area contributed by atoms with Gasteiger partial charge in [-0.15, -0.1) is 0 Å². The Kier molecular flexibility index (Phi) is 7.43. The number of carbonyl (C=O) groups excluding carboxylic acids is 2. The maximum absolute atomic E-state index is 12.8. The molecule has 1 fully saturated rings. The number of amides is 1. The Bertz CT molecular complexity index is 978. The second-order valence-corrected chi connectivity index (χ2v) is 10.3. The zero-order valence-corrected chi connectivity index (χ0v) is 19.8. The number of anilines is 1. The number of nitrogens with one attached hydrogen (secondary N) is 2. The number of methoxy groups -OCH3 is 1. The zero-order valence-electron chi connectivity index (χ0n) is 16.7. The van der Waals surface area contributed by atoms with Gasteiger partial charge in [0.2, 0.25) is 0 Å². The second-order valence-electron chi connectivity index (χ2n) is 7.07. The van der Waals surface area contributed by atoms with Crippen molar-refractivity contribution in [2.75, 3.05) is 37.1 Å². The van der Waals surface area contributed by atoms with Crippen LogP contribution in [0.5, 0.6) is 0 Å². The number of thiazole rings is 1. The quantitative estimate of drug-likeness (QED) is 0.600. The van der Waals surface area contributed by atoms with Crippen molar-refractivity contribution >= 4 is 62.3 Å². The molecule has 1 saturated heterocycles. The number of hydrogen-bond acceptors (Lipinski definition) is 7. The first-order valence-corrected chi connectivity index (χ1v) is 12.4. The number of aromatic amines is 1. The zero-order chi connectivity index (χ0) is 22.0. The van der Waals surface area contributed by atoms with E-state index in [1.165, 1.54) is 24.6 Å². The summed E-state index contributed by atoms with van der Waals surface area (Å²) in [4.78, 5) is 34.2. The number of esters is 1. The molecule has 30 heavy (non-hydrogen) atoms. The molecule has 3 heterocycles. The molecule has 1 unspecified atom stereocenters. The standard InChI is InChI=1S/C18H22Cl2N4O4S2/c1-9-13(19)14(20)15(22-9)16(25)23-11-4-5-24(7-10(11)8-30(3)27)18-21-6-12(29-18)17(26)28-2/h6,10-11,22H,4-5,7-8H2,1-3H3,(H,23,25)/t10-,11-,30?/m1/s1. The van der Waals surface area contributed by atoms with E-state index in [0.717, 1.165) is 0 Å². The fourth-order valence-corrected chi connectivity index (χ4v) is 5.67. The number of ether oxygens (including phenoxy) is 1. The molecule has 1 amide bonds. The number of nitrogens with zero attached hydrogens (tertiary/aromatic N) is 2. The lowest BCUT2D eigenvalue weighted by molar-refractivity contribution is 0.0606. The first kappa shape index (κ1) is 23.1. The van der Waals surface area contributed by atoms with Crippen LogP contribution in [-0.4, -0.2) is 64.3 Å². The molecule has 0 bridgehead atoms. The summed E-state index contributed by atoms with van der Waals surface area (Å²) in [6.45, 7) is 2.92. The Morgan fingerprint density at radius 3 is 2.77 bits per heavy atom. The van der Waals surface area contributed by atoms with Crippen LogP contribution in [0.1, 0.15) is 32.3 Å². The molecule has 0 saturated carbocycles. The number of hydrogen-bond donors (Lipinski definition) is 2. The molecular weight excluding hydrogens is 471 g/mol. The Morgan fingerprint density at radius 1 is 1.43 bits per heavy atom. The number of piperidine rings is 1. The Balaban J connectivity index is 1.74. The lowest BCUT2D eigenvalue weighted by atomic mass is 9.93. The van der Waals surface area contributed by atoms with E-state index in [-0.39, 0.29) is 28.6 Å². The summed E-state index contributed by atoms with van der Waals surface area (Å²) in [5, 5.41) is 4.23. The maximum atomic E-state index is 12.8. The maximum Gasteiger partial charge on any atom is 0.349 e. The van der Waals surface area contributed by atoms with Gasteiger partial charge in [-0.1, -0.05) is 34.5 Å². The molecule has 8 nitrogen and oxygen atoms in total. The van der Waals surface area contributed by atoms with E-state index in [1.54, 1.807) is 13.2 Å². The van der Waals surface area contributed by atoms with Crippen LogP contribution in [0.25, 0.3) is 0 Å². The summed E-state index contributed by atoms with van der Waals surface area (Å²) in [6, 6.07) is -0.184. The lowest BCUT2D eigenvalue weighted by Crippen LogP contribution is -2.52. The van der Waals surface area contributed by atoms with Crippen molar-refractivity contribution in [3.63, 3.8) is 0 Å². The van der Waals surface area contributed by atoms with Crippen LogP contribution < -0.4 is 10.2 Å². The van der Waals surface area contributed by atoms with Crippen LogP contribution in [0.2, 0.25) is 10.0 Å². The highest BCUT2D eigenvalue weighted by Crippen LogP contribution is 2.31. The predicted octanol–water partition coefficient (Wildman–Crippen LogP) is 2.88. The van der Waals surface area contributed by atoms with E-state index in [1.807, 2.05) is 4.90 Å². The fourth-order valence-electron chi connectivity index (χ4n) is 3.44. The smallest absolute Gasteiger partial charge is 0.349 e. The fraction of sp³-hybridized carbons (Fsp3) is 0.500. The molecule has 0 radical (unpaired) electrons. The highest BCUT2D eigenvalue weighted by molar-refractivity contribution is 7.84. The molecule has 1 aliphatic heterocycles. The van der Waals surface area contributed by atoms with Gasteiger partial charge in [-0.05, 0) is 13.3 Å². The van der Waals surface area contributed by atoms with Crippen LogP contribution in [0.15, 0.2) is 6.20 Å². The van der Waals surface area contributed by atoms with Gasteiger partial charge >= 0.3 is 5.97 Å². The van der Waals surface area contributed by atoms with E-state index in [2.05, 4.69) is 15.3 Å². The van der Waals surface area contributed by atoms with Crippen LogP contribution >= 0.6 is 34.5 Å². The SMILES string of the molecule is COC(=O)c1cnc(N2CC[C@@H](NC(=O)c3[nH]c(C)c(Cl)c3Cl)[C@@H](CS(C)=O)C2)s1. The van der Waals surface area contributed by atoms with E-state index >= 15 is 0 Å². The molecular formula is C18H22Cl2N4O4S2. The summed E-state index contributed by atoms with van der Waals surface area (Å²) in [5.74, 6) is -0.412. The number of aromatic nitrogens is 2. The van der Waals surface area contributed by atoms with Gasteiger partial charge in [-0.25, -0.2) is 9.78 Å². The monoisotopic (exact) mass is 492 g/mol. The minimum Gasteiger partial charge on any atom is -0.465 e. The van der Waals surface area contributed by atoms with E-state index < -0.39 is 16.8 Å². The number of halogens is 2. The van der Waals surface area contributed by atoms with Gasteiger partial charge in [-0.3, -0.25) is 9.00 Å². The molecule has 2 aromatic rings. The van der Waals surface area contributed by atoms with Gasteiger partial charge in [0, 0.05) is 53.6 Å². The van der Waals surface area contributed by atoms with Gasteiger partial charge < -0.3 is 19.9 Å². The van der Waals surface area contributed by atoms with Crippen molar-refractivity contribution in [2.45, 2.75) is 19.4 Å². The summed E-state index contributed by atoms with van der Waals surface area (Å²) < 4.78 is 16.7. The molecule has 3 atom stereocenters. The van der Waals surface area contributed by atoms with Gasteiger partial charge in [0.1, 0.15) is 10.6 Å². The molecule has 2 aromatic heterocycles. The molecule has 3 rings (SSSR count). The number of H-pyrrole nitrogens is 1. The Morgan fingerprint density at radius 2 is 2.17 bits per heavy atom. The highest BCUT2D eigenvalue weighted by atomic mass is 35.5. The van der Waals surface area contributed by atoms with Crippen molar-refractivity contribution in [2.24, 2.45) is 5.92 Å².